The van der Waals surface area contributed by atoms with Crippen LogP contribution in [0.3, 0.4) is 0 Å². The van der Waals surface area contributed by atoms with Crippen molar-refractivity contribution in [3.05, 3.63) is 24.4 Å². The molecule has 2 aliphatic rings. The van der Waals surface area contributed by atoms with E-state index in [1.807, 2.05) is 24.4 Å². The molecule has 0 bridgehead atoms. The van der Waals surface area contributed by atoms with Crippen LogP contribution >= 0.6 is 0 Å². The molecule has 1 aromatic heterocycles. The number of nitrogens with one attached hydrogen (secondary N) is 1. The molecular formula is C19H27N3O. The Morgan fingerprint density at radius 3 is 2.78 bits per heavy atom. The van der Waals surface area contributed by atoms with Gasteiger partial charge in [0, 0.05) is 30.2 Å². The molecule has 4 heteroatoms. The normalized spacial score (nSPS) is 27.6. The lowest BCUT2D eigenvalue weighted by Crippen LogP contribution is -2.21. The van der Waals surface area contributed by atoms with E-state index in [1.54, 1.807) is 0 Å². The summed E-state index contributed by atoms with van der Waals surface area (Å²) in [6.45, 7) is 6.95. The molecule has 2 aromatic rings. The summed E-state index contributed by atoms with van der Waals surface area (Å²) in [6, 6.07) is 6.12. The van der Waals surface area contributed by atoms with Gasteiger partial charge in [-0.25, -0.2) is 0 Å². The van der Waals surface area contributed by atoms with Gasteiger partial charge in [0.15, 0.2) is 0 Å². The van der Waals surface area contributed by atoms with Gasteiger partial charge in [-0.15, -0.1) is 0 Å². The number of hydrogen-bond acceptors (Lipinski definition) is 3. The first-order valence-electron chi connectivity index (χ1n) is 8.94. The summed E-state index contributed by atoms with van der Waals surface area (Å²) in [5.74, 6) is 3.66. The van der Waals surface area contributed by atoms with Gasteiger partial charge >= 0.3 is 0 Å². The van der Waals surface area contributed by atoms with Crippen molar-refractivity contribution >= 4 is 16.6 Å². The maximum atomic E-state index is 5.98. The Bertz CT molecular complexity index is 666. The van der Waals surface area contributed by atoms with E-state index in [0.29, 0.717) is 0 Å². The van der Waals surface area contributed by atoms with E-state index < -0.39 is 0 Å². The summed E-state index contributed by atoms with van der Waals surface area (Å²) in [5, 5.41) is 1.05. The van der Waals surface area contributed by atoms with Crippen molar-refractivity contribution < 1.29 is 4.74 Å². The van der Waals surface area contributed by atoms with Crippen molar-refractivity contribution in [1.29, 1.82) is 0 Å². The van der Waals surface area contributed by atoms with Crippen LogP contribution in [0.25, 0.3) is 10.9 Å². The minimum Gasteiger partial charge on any atom is -0.494 e. The third-order valence-corrected chi connectivity index (χ3v) is 5.85. The minimum atomic E-state index is 0.787. The van der Waals surface area contributed by atoms with Crippen molar-refractivity contribution in [2.75, 3.05) is 32.0 Å². The number of nitrogens with two attached hydrogens (primary N) is 1. The number of ether oxygens (including phenoxy) is 1. The van der Waals surface area contributed by atoms with Crippen molar-refractivity contribution in [3.8, 4) is 5.75 Å². The average molecular weight is 313 g/mol. The minimum absolute atomic E-state index is 0.787. The Morgan fingerprint density at radius 2 is 2.04 bits per heavy atom. The van der Waals surface area contributed by atoms with Gasteiger partial charge in [0.05, 0.1) is 12.3 Å². The highest BCUT2D eigenvalue weighted by molar-refractivity contribution is 5.92. The zero-order valence-corrected chi connectivity index (χ0v) is 13.9. The van der Waals surface area contributed by atoms with E-state index in [2.05, 4.69) is 16.8 Å². The standard InChI is InChI=1S/C19H27N3O/c1-2-22-11-14-7-13(8-15(14)12-22)5-6-23-16-3-4-19-17(9-16)18(20)10-21-19/h3-4,9-10,13-15,21H,2,5-8,11-12,20H2,1H3/t13-,14-,15+. The lowest BCUT2D eigenvalue weighted by molar-refractivity contribution is 0.260. The van der Waals surface area contributed by atoms with Gasteiger partial charge in [-0.3, -0.25) is 0 Å². The van der Waals surface area contributed by atoms with E-state index in [-0.39, 0.29) is 0 Å². The second-order valence-corrected chi connectivity index (χ2v) is 7.30. The molecule has 3 N–H and O–H groups in total. The molecule has 23 heavy (non-hydrogen) atoms. The van der Waals surface area contributed by atoms with E-state index in [1.165, 1.54) is 38.9 Å². The molecule has 0 spiro atoms. The van der Waals surface area contributed by atoms with Crippen molar-refractivity contribution in [2.45, 2.75) is 26.2 Å². The second kappa shape index (κ2) is 6.08. The maximum Gasteiger partial charge on any atom is 0.120 e. The lowest BCUT2D eigenvalue weighted by Gasteiger charge is -2.17. The largest absolute Gasteiger partial charge is 0.494 e. The first kappa shape index (κ1) is 14.9. The monoisotopic (exact) mass is 313 g/mol. The van der Waals surface area contributed by atoms with Crippen LogP contribution in [0.2, 0.25) is 0 Å². The Labute approximate surface area is 138 Å². The third kappa shape index (κ3) is 2.92. The van der Waals surface area contributed by atoms with E-state index in [4.69, 9.17) is 10.5 Å². The maximum absolute atomic E-state index is 5.98. The number of aromatic nitrogens is 1. The van der Waals surface area contributed by atoms with Gasteiger partial charge < -0.3 is 20.4 Å². The van der Waals surface area contributed by atoms with Crippen molar-refractivity contribution in [1.82, 2.24) is 9.88 Å². The number of benzene rings is 1. The van der Waals surface area contributed by atoms with Gasteiger partial charge in [0.25, 0.3) is 0 Å². The van der Waals surface area contributed by atoms with Crippen molar-refractivity contribution in [2.24, 2.45) is 17.8 Å². The highest BCUT2D eigenvalue weighted by Gasteiger charge is 2.39. The number of H-pyrrole nitrogens is 1. The number of likely N-dealkylation sites (tertiary alicyclic amines) is 1. The van der Waals surface area contributed by atoms with Crippen LogP contribution in [0.15, 0.2) is 24.4 Å². The predicted octanol–water partition coefficient (Wildman–Crippen LogP) is 3.50. The molecule has 1 aliphatic carbocycles. The molecule has 4 rings (SSSR count). The molecule has 0 amide bonds. The fraction of sp³-hybridized carbons (Fsp3) is 0.579. The van der Waals surface area contributed by atoms with Gasteiger partial charge in [-0.05, 0) is 61.8 Å². The van der Waals surface area contributed by atoms with E-state index in [0.717, 1.165) is 46.7 Å². The van der Waals surface area contributed by atoms with Crippen LogP contribution in [0.1, 0.15) is 26.2 Å². The van der Waals surface area contributed by atoms with Crippen LogP contribution in [0.5, 0.6) is 5.75 Å². The Hall–Kier alpha value is -1.68. The number of anilines is 1. The number of rotatable bonds is 5. The molecule has 3 atom stereocenters. The highest BCUT2D eigenvalue weighted by atomic mass is 16.5. The lowest BCUT2D eigenvalue weighted by atomic mass is 10.0. The molecule has 1 saturated heterocycles. The van der Waals surface area contributed by atoms with E-state index >= 15 is 0 Å². The molecule has 2 heterocycles. The molecule has 124 valence electrons. The number of nitrogen functional groups attached to an aromatic ring is 1. The average Bonchev–Trinajstić information content (AvgIpc) is 3.21. The number of hydrogen-bond donors (Lipinski definition) is 2. The summed E-state index contributed by atoms with van der Waals surface area (Å²) in [5.41, 5.74) is 7.81. The van der Waals surface area contributed by atoms with Crippen LogP contribution in [0.4, 0.5) is 5.69 Å². The van der Waals surface area contributed by atoms with E-state index in [9.17, 15) is 0 Å². The van der Waals surface area contributed by atoms with Crippen LogP contribution in [-0.4, -0.2) is 36.1 Å². The van der Waals surface area contributed by atoms with Crippen molar-refractivity contribution in [3.63, 3.8) is 0 Å². The zero-order valence-electron chi connectivity index (χ0n) is 13.9. The summed E-state index contributed by atoms with van der Waals surface area (Å²) in [4.78, 5) is 5.77. The Morgan fingerprint density at radius 1 is 1.26 bits per heavy atom. The fourth-order valence-corrected chi connectivity index (χ4v) is 4.57. The molecule has 2 fully saturated rings. The molecule has 1 aromatic carbocycles. The molecular weight excluding hydrogens is 286 g/mol. The Kier molecular flexibility index (Phi) is 3.93. The molecule has 1 saturated carbocycles. The van der Waals surface area contributed by atoms with Crippen LogP contribution in [0, 0.1) is 17.8 Å². The fourth-order valence-electron chi connectivity index (χ4n) is 4.57. The summed E-state index contributed by atoms with van der Waals surface area (Å²) in [7, 11) is 0. The topological polar surface area (TPSA) is 54.3 Å². The predicted molar refractivity (Wildman–Crippen MR) is 94.6 cm³/mol. The zero-order chi connectivity index (χ0) is 15.8. The molecule has 4 nitrogen and oxygen atoms in total. The summed E-state index contributed by atoms with van der Waals surface area (Å²) >= 11 is 0. The smallest absolute Gasteiger partial charge is 0.120 e. The first-order valence-corrected chi connectivity index (χ1v) is 8.94. The summed E-state index contributed by atoms with van der Waals surface area (Å²) < 4.78 is 5.98. The van der Waals surface area contributed by atoms with Gasteiger partial charge in [0.1, 0.15) is 5.75 Å². The number of aromatic amines is 1. The third-order valence-electron chi connectivity index (χ3n) is 5.85. The second-order valence-electron chi connectivity index (χ2n) is 7.30. The molecule has 0 radical (unpaired) electrons. The molecule has 0 unspecified atom stereocenters. The van der Waals surface area contributed by atoms with Crippen LogP contribution < -0.4 is 10.5 Å². The quantitative estimate of drug-likeness (QED) is 0.888. The number of nitrogens with zero attached hydrogens (tertiary/aromatic N) is 1. The van der Waals surface area contributed by atoms with Gasteiger partial charge in [-0.1, -0.05) is 6.92 Å². The highest BCUT2D eigenvalue weighted by Crippen LogP contribution is 2.42. The van der Waals surface area contributed by atoms with Gasteiger partial charge in [0.2, 0.25) is 0 Å². The molecule has 1 aliphatic heterocycles. The first-order chi connectivity index (χ1) is 11.2. The summed E-state index contributed by atoms with van der Waals surface area (Å²) in [6.07, 6.45) is 5.81. The number of fused-ring (bicyclic) bond motifs is 2. The van der Waals surface area contributed by atoms with Crippen LogP contribution in [-0.2, 0) is 0 Å². The van der Waals surface area contributed by atoms with Gasteiger partial charge in [-0.2, -0.15) is 0 Å². The SMILES string of the molecule is CCN1C[C@H]2C[C@@H](CCOc3ccc4[nH]cc(N)c4c3)C[C@H]2C1. The Balaban J connectivity index is 1.28.